The van der Waals surface area contributed by atoms with Crippen LogP contribution < -0.4 is 56.7 Å². The Labute approximate surface area is 91.1 Å². The van der Waals surface area contributed by atoms with Crippen LogP contribution in [-0.2, 0) is 4.74 Å². The molecule has 1 amide bonds. The minimum atomic E-state index is -0.734. The van der Waals surface area contributed by atoms with E-state index < -0.39 is 6.09 Å². The van der Waals surface area contributed by atoms with Gasteiger partial charge in [-0.25, -0.2) is 10.1 Å². The minimum absolute atomic E-state index is 0. The summed E-state index contributed by atoms with van der Waals surface area (Å²) in [6, 6.07) is 0. The fourth-order valence-corrected chi connectivity index (χ4v) is 0.0967. The van der Waals surface area contributed by atoms with Gasteiger partial charge >= 0.3 is 57.5 Å². The van der Waals surface area contributed by atoms with E-state index in [0.29, 0.717) is 0 Å². The summed E-state index contributed by atoms with van der Waals surface area (Å²) in [6.45, 7) is 0. The maximum Gasteiger partial charge on any atom is 1.00 e. The monoisotopic (exact) mass is 140 g/mol. The molecule has 0 aromatic rings. The Bertz CT molecular complexity index is 113. The second-order valence-corrected chi connectivity index (χ2v) is 0.728. The maximum absolute atomic E-state index is 9.86. The van der Waals surface area contributed by atoms with Gasteiger partial charge < -0.3 is 6.16 Å². The first kappa shape index (κ1) is 11.2. The van der Waals surface area contributed by atoms with Crippen molar-refractivity contribution in [2.45, 2.75) is 0 Å². The molecule has 0 aliphatic carbocycles. The van der Waals surface area contributed by atoms with Crippen molar-refractivity contribution in [1.29, 1.82) is 5.26 Å². The number of hydrogen-bond donors (Lipinski definition) is 1. The molecular weight excluding hydrogens is 135 g/mol. The van der Waals surface area contributed by atoms with Gasteiger partial charge in [0, 0.05) is 0 Å². The number of nitrogens with one attached hydrogen (secondary N) is 1. The Morgan fingerprint density at radius 3 is 2.62 bits per heavy atom. The second-order valence-electron chi connectivity index (χ2n) is 0.728. The van der Waals surface area contributed by atoms with Gasteiger partial charge in [-0.3, -0.25) is 0 Å². The Hall–Kier alpha value is 0.396. The van der Waals surface area contributed by atoms with Crippen LogP contribution in [0.4, 0.5) is 4.79 Å². The van der Waals surface area contributed by atoms with E-state index in [1.54, 1.807) is 5.32 Å². The molecule has 0 saturated heterocycles. The number of nitriles is 1. The fraction of sp³-hybridized carbons (Fsp3) is 0.333. The van der Waals surface area contributed by atoms with Gasteiger partial charge in [-0.05, 0) is 0 Å². The molecule has 0 aromatic heterocycles. The van der Waals surface area contributed by atoms with Crippen molar-refractivity contribution in [3.05, 3.63) is 0 Å². The van der Waals surface area contributed by atoms with Gasteiger partial charge in [0.05, 0.1) is 7.11 Å². The van der Waals surface area contributed by atoms with Gasteiger partial charge in [0.15, 0.2) is 6.19 Å². The molecule has 0 spiro atoms. The van der Waals surface area contributed by atoms with Crippen LogP contribution in [0.5, 0.6) is 0 Å². The molecule has 0 aliphatic heterocycles. The molecule has 0 radical (unpaired) electrons. The van der Waals surface area contributed by atoms with Crippen molar-refractivity contribution in [2.75, 3.05) is 7.11 Å². The third-order valence-corrected chi connectivity index (χ3v) is 0.343. The number of methoxy groups -OCH3 is 1. The molecule has 8 heavy (non-hydrogen) atoms. The molecule has 0 atom stereocenters. The number of carbonyl (C=O) groups is 1. The number of rotatable bonds is 0. The van der Waals surface area contributed by atoms with Crippen LogP contribution >= 0.6 is 0 Å². The summed E-state index contributed by atoms with van der Waals surface area (Å²) in [4.78, 5) is 9.86. The van der Waals surface area contributed by atoms with E-state index in [1.807, 2.05) is 0 Å². The second kappa shape index (κ2) is 7.40. The zero-order chi connectivity index (χ0) is 5.70. The Morgan fingerprint density at radius 2 is 2.50 bits per heavy atom. The molecule has 5 heteroatoms. The summed E-state index contributed by atoms with van der Waals surface area (Å²) in [5.41, 5.74) is 0. The Morgan fingerprint density at radius 1 is 2.00 bits per heavy atom. The number of amides is 1. The third-order valence-electron chi connectivity index (χ3n) is 0.343. The molecule has 0 aliphatic rings. The largest absolute Gasteiger partial charge is 1.00 e. The summed E-state index contributed by atoms with van der Waals surface area (Å²) in [6.07, 6.45) is 0.660. The van der Waals surface area contributed by atoms with Gasteiger partial charge in [0.2, 0.25) is 0 Å². The Balaban J connectivity index is -0.000000180. The average Bonchev–Trinajstić information content (AvgIpc) is 1.68. The van der Waals surface area contributed by atoms with E-state index >= 15 is 0 Å². The van der Waals surface area contributed by atoms with Crippen molar-refractivity contribution in [3.63, 3.8) is 0 Å². The van der Waals surface area contributed by atoms with E-state index in [-0.39, 0.29) is 52.8 Å². The fourth-order valence-electron chi connectivity index (χ4n) is 0.0967. The molecule has 40 valence electrons. The summed E-state index contributed by atoms with van der Waals surface area (Å²) < 4.78 is 4.02. The predicted octanol–water partition coefficient (Wildman–Crippen LogP) is -3.06. The molecule has 0 unspecified atom stereocenters. The topological polar surface area (TPSA) is 62.1 Å². The standard InChI is InChI=1S/C3H4N2O2.K.H/c1-7-3(6)5-2-4;;/h1H3,(H,5,6);;/q;+1;-1. The first-order chi connectivity index (χ1) is 3.31. The first-order valence-corrected chi connectivity index (χ1v) is 1.54. The number of carbonyl (C=O) groups excluding carboxylic acids is 1. The van der Waals surface area contributed by atoms with Crippen LogP contribution in [0.25, 0.3) is 0 Å². The van der Waals surface area contributed by atoms with E-state index in [1.165, 1.54) is 13.3 Å². The third kappa shape index (κ3) is 6.40. The summed E-state index contributed by atoms with van der Waals surface area (Å²) in [5.74, 6) is 0. The summed E-state index contributed by atoms with van der Waals surface area (Å²) >= 11 is 0. The van der Waals surface area contributed by atoms with Gasteiger partial charge in [0.1, 0.15) is 0 Å². The van der Waals surface area contributed by atoms with E-state index in [2.05, 4.69) is 4.74 Å². The van der Waals surface area contributed by atoms with Crippen LogP contribution in [0.2, 0.25) is 0 Å². The minimum Gasteiger partial charge on any atom is -1.00 e. The van der Waals surface area contributed by atoms with Crippen molar-refractivity contribution in [1.82, 2.24) is 5.32 Å². The summed E-state index contributed by atoms with van der Waals surface area (Å²) in [7, 11) is 1.19. The Kier molecular flexibility index (Phi) is 10.4. The molecule has 0 saturated carbocycles. The zero-order valence-corrected chi connectivity index (χ0v) is 7.89. The SMILES string of the molecule is COC(=O)NC#N.[H-].[K+]. The normalized spacial score (nSPS) is 5.50. The molecule has 0 fully saturated rings. The quantitative estimate of drug-likeness (QED) is 0.221. The first-order valence-electron chi connectivity index (χ1n) is 1.54. The smallest absolute Gasteiger partial charge is 1.00 e. The van der Waals surface area contributed by atoms with Crippen LogP contribution in [0.1, 0.15) is 1.43 Å². The van der Waals surface area contributed by atoms with Gasteiger partial charge in [0.25, 0.3) is 0 Å². The zero-order valence-electron chi connectivity index (χ0n) is 5.76. The number of hydrogen-bond acceptors (Lipinski definition) is 3. The molecule has 1 N–H and O–H groups in total. The molecule has 0 bridgehead atoms. The number of ether oxygens (including phenoxy) is 1. The van der Waals surface area contributed by atoms with Crippen molar-refractivity contribution < 1.29 is 62.3 Å². The van der Waals surface area contributed by atoms with Crippen molar-refractivity contribution in [3.8, 4) is 6.19 Å². The average molecular weight is 140 g/mol. The van der Waals surface area contributed by atoms with Gasteiger partial charge in [-0.1, -0.05) is 0 Å². The summed E-state index contributed by atoms with van der Waals surface area (Å²) in [5, 5.41) is 9.45. The molecule has 4 nitrogen and oxygen atoms in total. The molecular formula is C3H5KN2O2. The number of nitrogens with zero attached hydrogens (tertiary/aromatic N) is 1. The van der Waals surface area contributed by atoms with Crippen molar-refractivity contribution >= 4 is 6.09 Å². The molecule has 0 rings (SSSR count). The number of alkyl carbamates (subject to hydrolysis) is 1. The van der Waals surface area contributed by atoms with Crippen molar-refractivity contribution in [2.24, 2.45) is 0 Å². The van der Waals surface area contributed by atoms with E-state index in [9.17, 15) is 4.79 Å². The van der Waals surface area contributed by atoms with Crippen LogP contribution in [0.15, 0.2) is 0 Å². The van der Waals surface area contributed by atoms with E-state index in [4.69, 9.17) is 5.26 Å². The van der Waals surface area contributed by atoms with Crippen LogP contribution in [0.3, 0.4) is 0 Å². The van der Waals surface area contributed by atoms with Gasteiger partial charge in [-0.15, -0.1) is 0 Å². The molecule has 0 heterocycles. The van der Waals surface area contributed by atoms with Crippen LogP contribution in [0, 0.1) is 11.5 Å². The molecule has 0 aromatic carbocycles. The predicted molar refractivity (Wildman–Crippen MR) is 22.3 cm³/mol. The maximum atomic E-state index is 9.86. The van der Waals surface area contributed by atoms with E-state index in [0.717, 1.165) is 0 Å². The van der Waals surface area contributed by atoms with Gasteiger partial charge in [-0.2, -0.15) is 5.26 Å². The van der Waals surface area contributed by atoms with Crippen LogP contribution in [-0.4, -0.2) is 13.2 Å².